The van der Waals surface area contributed by atoms with Crippen molar-refractivity contribution in [2.75, 3.05) is 13.1 Å². The number of hydrogen-bond donors (Lipinski definition) is 0. The number of benzene rings is 1. The standard InChI is InChI=1S/C23H24ClFN4O2/c1-23(2,3)31-22(30)28-10-8-15(9-11-28)20-14-26-21-7-6-18(27-29(20)21)12-16-4-5-17(24)13-19(16)25/h4-8,13-14H,9-12H2,1-3H3. The number of ether oxygens (including phenoxy) is 1. The molecule has 1 aliphatic rings. The highest BCUT2D eigenvalue weighted by atomic mass is 35.5. The fraction of sp³-hybridized carbons (Fsp3) is 0.348. The minimum Gasteiger partial charge on any atom is -0.444 e. The molecular formula is C23H24ClFN4O2. The molecule has 6 nitrogen and oxygen atoms in total. The first-order valence-electron chi connectivity index (χ1n) is 10.1. The number of hydrogen-bond acceptors (Lipinski definition) is 4. The molecule has 0 aliphatic carbocycles. The first-order valence-corrected chi connectivity index (χ1v) is 10.5. The number of fused-ring (bicyclic) bond motifs is 1. The van der Waals surface area contributed by atoms with Crippen molar-refractivity contribution >= 4 is 28.9 Å². The quantitative estimate of drug-likeness (QED) is 0.563. The van der Waals surface area contributed by atoms with Crippen molar-refractivity contribution in [1.29, 1.82) is 0 Å². The lowest BCUT2D eigenvalue weighted by Gasteiger charge is -2.29. The zero-order valence-corrected chi connectivity index (χ0v) is 18.5. The van der Waals surface area contributed by atoms with Gasteiger partial charge in [0.15, 0.2) is 5.65 Å². The Morgan fingerprint density at radius 3 is 2.74 bits per heavy atom. The van der Waals surface area contributed by atoms with Crippen LogP contribution in [0.3, 0.4) is 0 Å². The summed E-state index contributed by atoms with van der Waals surface area (Å²) in [6.07, 6.45) is 4.49. The summed E-state index contributed by atoms with van der Waals surface area (Å²) in [5.41, 5.74) is 3.38. The predicted molar refractivity (Wildman–Crippen MR) is 118 cm³/mol. The van der Waals surface area contributed by atoms with Crippen molar-refractivity contribution in [3.05, 3.63) is 70.4 Å². The Labute approximate surface area is 185 Å². The highest BCUT2D eigenvalue weighted by Gasteiger charge is 2.24. The van der Waals surface area contributed by atoms with E-state index in [1.54, 1.807) is 27.7 Å². The average molecular weight is 443 g/mol. The van der Waals surface area contributed by atoms with Gasteiger partial charge >= 0.3 is 6.09 Å². The van der Waals surface area contributed by atoms with Gasteiger partial charge in [-0.2, -0.15) is 5.10 Å². The Morgan fingerprint density at radius 2 is 2.06 bits per heavy atom. The Balaban J connectivity index is 1.55. The Morgan fingerprint density at radius 1 is 1.26 bits per heavy atom. The number of rotatable bonds is 3. The van der Waals surface area contributed by atoms with Gasteiger partial charge in [-0.05, 0) is 62.6 Å². The zero-order chi connectivity index (χ0) is 22.2. The molecule has 0 unspecified atom stereocenters. The van der Waals surface area contributed by atoms with Crippen molar-refractivity contribution < 1.29 is 13.9 Å². The zero-order valence-electron chi connectivity index (χ0n) is 17.7. The summed E-state index contributed by atoms with van der Waals surface area (Å²) in [7, 11) is 0. The lowest BCUT2D eigenvalue weighted by atomic mass is 10.1. The Hall–Kier alpha value is -2.93. The number of halogens is 2. The number of amides is 1. The fourth-order valence-corrected chi connectivity index (χ4v) is 3.64. The van der Waals surface area contributed by atoms with E-state index in [1.807, 2.05) is 39.0 Å². The molecule has 1 aliphatic heterocycles. The van der Waals surface area contributed by atoms with Crippen LogP contribution in [0.2, 0.25) is 5.02 Å². The SMILES string of the molecule is CC(C)(C)OC(=O)N1CC=C(c2cnc3ccc(Cc4ccc(Cl)cc4F)nn23)CC1. The third kappa shape index (κ3) is 4.88. The van der Waals surface area contributed by atoms with Crippen LogP contribution in [0.5, 0.6) is 0 Å². The molecule has 0 radical (unpaired) electrons. The normalized spacial score (nSPS) is 14.6. The van der Waals surface area contributed by atoms with E-state index in [4.69, 9.17) is 16.3 Å². The van der Waals surface area contributed by atoms with Crippen LogP contribution < -0.4 is 0 Å². The minimum atomic E-state index is -0.521. The maximum atomic E-state index is 14.2. The second-order valence-electron chi connectivity index (χ2n) is 8.56. The lowest BCUT2D eigenvalue weighted by Crippen LogP contribution is -2.39. The third-order valence-electron chi connectivity index (χ3n) is 4.99. The van der Waals surface area contributed by atoms with Crippen LogP contribution in [-0.2, 0) is 11.2 Å². The van der Waals surface area contributed by atoms with E-state index in [-0.39, 0.29) is 11.9 Å². The monoisotopic (exact) mass is 442 g/mol. The number of aromatic nitrogens is 3. The molecule has 1 aromatic carbocycles. The second kappa shape index (κ2) is 8.30. The Kier molecular flexibility index (Phi) is 5.71. The van der Waals surface area contributed by atoms with E-state index >= 15 is 0 Å². The van der Waals surface area contributed by atoms with E-state index < -0.39 is 5.60 Å². The smallest absolute Gasteiger partial charge is 0.410 e. The van der Waals surface area contributed by atoms with Crippen LogP contribution in [-0.4, -0.2) is 44.3 Å². The molecular weight excluding hydrogens is 419 g/mol. The molecule has 3 aromatic rings. The molecule has 1 amide bonds. The van der Waals surface area contributed by atoms with Crippen LogP contribution in [0.4, 0.5) is 9.18 Å². The molecule has 31 heavy (non-hydrogen) atoms. The van der Waals surface area contributed by atoms with Crippen molar-refractivity contribution in [1.82, 2.24) is 19.5 Å². The topological polar surface area (TPSA) is 59.7 Å². The van der Waals surface area contributed by atoms with Gasteiger partial charge in [0.25, 0.3) is 0 Å². The molecule has 0 atom stereocenters. The molecule has 0 fully saturated rings. The van der Waals surface area contributed by atoms with Crippen LogP contribution in [0.1, 0.15) is 44.1 Å². The van der Waals surface area contributed by atoms with Gasteiger partial charge in [-0.15, -0.1) is 0 Å². The summed E-state index contributed by atoms with van der Waals surface area (Å²) >= 11 is 5.84. The van der Waals surface area contributed by atoms with Crippen LogP contribution in [0.15, 0.2) is 42.6 Å². The molecule has 8 heteroatoms. The molecule has 2 aromatic heterocycles. The summed E-state index contributed by atoms with van der Waals surface area (Å²) in [5.74, 6) is -0.350. The largest absolute Gasteiger partial charge is 0.444 e. The predicted octanol–water partition coefficient (Wildman–Crippen LogP) is 5.14. The van der Waals surface area contributed by atoms with Gasteiger partial charge in [-0.3, -0.25) is 0 Å². The van der Waals surface area contributed by atoms with Gasteiger partial charge in [0.05, 0.1) is 17.6 Å². The van der Waals surface area contributed by atoms with E-state index in [0.717, 1.165) is 17.0 Å². The fourth-order valence-electron chi connectivity index (χ4n) is 3.48. The van der Waals surface area contributed by atoms with E-state index in [9.17, 15) is 9.18 Å². The molecule has 4 rings (SSSR count). The van der Waals surface area contributed by atoms with E-state index in [2.05, 4.69) is 10.1 Å². The number of carbonyl (C=O) groups excluding carboxylic acids is 1. The summed E-state index contributed by atoms with van der Waals surface area (Å²) in [6, 6.07) is 8.37. The van der Waals surface area contributed by atoms with Crippen molar-refractivity contribution in [2.24, 2.45) is 0 Å². The van der Waals surface area contributed by atoms with Gasteiger partial charge in [-0.25, -0.2) is 18.7 Å². The molecule has 3 heterocycles. The first kappa shape index (κ1) is 21.3. The van der Waals surface area contributed by atoms with Gasteiger partial charge in [-0.1, -0.05) is 23.7 Å². The summed E-state index contributed by atoms with van der Waals surface area (Å²) < 4.78 is 21.4. The maximum Gasteiger partial charge on any atom is 0.410 e. The second-order valence-corrected chi connectivity index (χ2v) is 8.99. The minimum absolute atomic E-state index is 0.314. The number of carbonyl (C=O) groups is 1. The highest BCUT2D eigenvalue weighted by Crippen LogP contribution is 2.24. The Bertz CT molecular complexity index is 1170. The van der Waals surface area contributed by atoms with Crippen molar-refractivity contribution in [2.45, 2.75) is 39.2 Å². The summed E-state index contributed by atoms with van der Waals surface area (Å²) in [4.78, 5) is 18.4. The van der Waals surface area contributed by atoms with Gasteiger partial charge in [0, 0.05) is 24.5 Å². The first-order chi connectivity index (χ1) is 14.7. The highest BCUT2D eigenvalue weighted by molar-refractivity contribution is 6.30. The van der Waals surface area contributed by atoms with Gasteiger partial charge in [0.2, 0.25) is 0 Å². The maximum absolute atomic E-state index is 14.2. The van der Waals surface area contributed by atoms with Crippen molar-refractivity contribution in [3.63, 3.8) is 0 Å². The van der Waals surface area contributed by atoms with Crippen molar-refractivity contribution in [3.8, 4) is 0 Å². The number of nitrogens with zero attached hydrogens (tertiary/aromatic N) is 4. The average Bonchev–Trinajstić information content (AvgIpc) is 3.12. The van der Waals surface area contributed by atoms with Crippen LogP contribution in [0, 0.1) is 5.82 Å². The third-order valence-corrected chi connectivity index (χ3v) is 5.23. The molecule has 0 saturated carbocycles. The molecule has 0 N–H and O–H groups in total. The van der Waals surface area contributed by atoms with Gasteiger partial charge < -0.3 is 9.64 Å². The van der Waals surface area contributed by atoms with Crippen LogP contribution >= 0.6 is 11.6 Å². The van der Waals surface area contributed by atoms with E-state index in [1.165, 1.54) is 6.07 Å². The molecule has 0 saturated heterocycles. The van der Waals surface area contributed by atoms with Crippen LogP contribution in [0.25, 0.3) is 11.2 Å². The van der Waals surface area contributed by atoms with E-state index in [0.29, 0.717) is 42.2 Å². The molecule has 0 bridgehead atoms. The molecule has 162 valence electrons. The lowest BCUT2D eigenvalue weighted by molar-refractivity contribution is 0.0270. The van der Waals surface area contributed by atoms with Gasteiger partial charge in [0.1, 0.15) is 11.4 Å². The molecule has 0 spiro atoms. The summed E-state index contributed by atoms with van der Waals surface area (Å²) in [6.45, 7) is 6.59. The number of imidazole rings is 1. The summed E-state index contributed by atoms with van der Waals surface area (Å²) in [5, 5.41) is 5.05.